The normalized spacial score (nSPS) is 14.1. The monoisotopic (exact) mass is 487 g/mol. The molecule has 0 unspecified atom stereocenters. The summed E-state index contributed by atoms with van der Waals surface area (Å²) in [7, 11) is 0. The molecule has 4 rings (SSSR count). The summed E-state index contributed by atoms with van der Waals surface area (Å²) in [5.41, 5.74) is 1.93. The van der Waals surface area contributed by atoms with Crippen molar-refractivity contribution in [3.8, 4) is 17.2 Å². The van der Waals surface area contributed by atoms with Gasteiger partial charge in [0.05, 0.1) is 13.2 Å². The Balaban J connectivity index is 1.68. The number of oxazole rings is 1. The SMILES string of the molecule is CCOc1cc(CN(c2nc3cc(OCC(=O)O)ccc3o2)C2CCNCC2)cc(OCC)c1F. The van der Waals surface area contributed by atoms with Gasteiger partial charge in [-0.15, -0.1) is 0 Å². The smallest absolute Gasteiger partial charge is 0.341 e. The first-order chi connectivity index (χ1) is 17.0. The summed E-state index contributed by atoms with van der Waals surface area (Å²) in [5, 5.41) is 12.2. The van der Waals surface area contributed by atoms with E-state index in [0.29, 0.717) is 42.6 Å². The van der Waals surface area contributed by atoms with E-state index in [0.717, 1.165) is 31.5 Å². The van der Waals surface area contributed by atoms with E-state index < -0.39 is 18.4 Å². The lowest BCUT2D eigenvalue weighted by Gasteiger charge is -2.33. The van der Waals surface area contributed by atoms with Crippen molar-refractivity contribution < 1.29 is 32.9 Å². The molecule has 1 aliphatic rings. The van der Waals surface area contributed by atoms with Crippen molar-refractivity contribution in [1.29, 1.82) is 0 Å². The standard InChI is InChI=1S/C25H30FN3O6/c1-3-32-21-11-16(12-22(24(21)26)33-4-2)14-29(17-7-9-27-10-8-17)25-28-19-13-18(34-15-23(30)31)5-6-20(19)35-25/h5-6,11-13,17,27H,3-4,7-10,14-15H2,1-2H3,(H,30,31). The average Bonchev–Trinajstić information content (AvgIpc) is 3.28. The molecule has 1 aromatic heterocycles. The fraction of sp³-hybridized carbons (Fsp3) is 0.440. The lowest BCUT2D eigenvalue weighted by Crippen LogP contribution is -2.43. The summed E-state index contributed by atoms with van der Waals surface area (Å²) in [6, 6.07) is 8.99. The van der Waals surface area contributed by atoms with Crippen molar-refractivity contribution in [2.45, 2.75) is 39.3 Å². The predicted octanol–water partition coefficient (Wildman–Crippen LogP) is 3.99. The van der Waals surface area contributed by atoms with Gasteiger partial charge in [-0.1, -0.05) is 0 Å². The third-order valence-corrected chi connectivity index (χ3v) is 5.72. The van der Waals surface area contributed by atoms with E-state index in [1.165, 1.54) is 0 Å². The number of nitrogens with zero attached hydrogens (tertiary/aromatic N) is 2. The molecular weight excluding hydrogens is 457 g/mol. The number of hydrogen-bond donors (Lipinski definition) is 2. The molecule has 0 atom stereocenters. The lowest BCUT2D eigenvalue weighted by atomic mass is 10.0. The first-order valence-corrected chi connectivity index (χ1v) is 11.8. The third-order valence-electron chi connectivity index (χ3n) is 5.72. The average molecular weight is 488 g/mol. The number of aliphatic carboxylic acids is 1. The maximum atomic E-state index is 14.8. The summed E-state index contributed by atoms with van der Waals surface area (Å²) < 4.78 is 37.2. The van der Waals surface area contributed by atoms with E-state index in [4.69, 9.17) is 23.7 Å². The summed E-state index contributed by atoms with van der Waals surface area (Å²) in [6.07, 6.45) is 1.78. The van der Waals surface area contributed by atoms with Gasteiger partial charge in [-0.25, -0.2) is 4.79 Å². The lowest BCUT2D eigenvalue weighted by molar-refractivity contribution is -0.139. The molecule has 188 valence electrons. The Morgan fingerprint density at radius 1 is 1.14 bits per heavy atom. The van der Waals surface area contributed by atoms with Crippen molar-refractivity contribution in [3.05, 3.63) is 41.7 Å². The van der Waals surface area contributed by atoms with Crippen LogP contribution in [0.1, 0.15) is 32.3 Å². The van der Waals surface area contributed by atoms with Gasteiger partial charge >= 0.3 is 5.97 Å². The van der Waals surface area contributed by atoms with Gasteiger partial charge in [-0.3, -0.25) is 0 Å². The highest BCUT2D eigenvalue weighted by Crippen LogP contribution is 2.33. The molecule has 10 heteroatoms. The van der Waals surface area contributed by atoms with Gasteiger partial charge in [-0.05, 0) is 69.6 Å². The Hall–Kier alpha value is -3.53. The van der Waals surface area contributed by atoms with Crippen LogP contribution in [0, 0.1) is 5.82 Å². The van der Waals surface area contributed by atoms with Gasteiger partial charge < -0.3 is 34.0 Å². The van der Waals surface area contributed by atoms with E-state index in [2.05, 4.69) is 15.2 Å². The molecule has 0 amide bonds. The first-order valence-electron chi connectivity index (χ1n) is 11.8. The van der Waals surface area contributed by atoms with Gasteiger partial charge in [0.25, 0.3) is 6.01 Å². The van der Waals surface area contributed by atoms with Crippen LogP contribution in [0.2, 0.25) is 0 Å². The number of nitrogens with one attached hydrogen (secondary N) is 1. The molecule has 0 saturated carbocycles. The van der Waals surface area contributed by atoms with E-state index >= 15 is 0 Å². The number of halogens is 1. The largest absolute Gasteiger partial charge is 0.491 e. The van der Waals surface area contributed by atoms with Crippen molar-refractivity contribution in [2.24, 2.45) is 0 Å². The van der Waals surface area contributed by atoms with E-state index in [-0.39, 0.29) is 17.5 Å². The van der Waals surface area contributed by atoms with Crippen molar-refractivity contribution in [3.63, 3.8) is 0 Å². The highest BCUT2D eigenvalue weighted by Gasteiger charge is 2.27. The Labute approximate surface area is 202 Å². The summed E-state index contributed by atoms with van der Waals surface area (Å²) >= 11 is 0. The van der Waals surface area contributed by atoms with Gasteiger partial charge in [0.15, 0.2) is 23.7 Å². The van der Waals surface area contributed by atoms with Crippen LogP contribution in [0.3, 0.4) is 0 Å². The number of benzene rings is 2. The van der Waals surface area contributed by atoms with Crippen LogP contribution in [0.4, 0.5) is 10.4 Å². The Morgan fingerprint density at radius 3 is 2.46 bits per heavy atom. The van der Waals surface area contributed by atoms with Crippen LogP contribution in [-0.2, 0) is 11.3 Å². The molecule has 35 heavy (non-hydrogen) atoms. The molecule has 3 aromatic rings. The van der Waals surface area contributed by atoms with Gasteiger partial charge in [0, 0.05) is 18.7 Å². The molecule has 0 aliphatic carbocycles. The minimum atomic E-state index is -1.06. The Kier molecular flexibility index (Phi) is 7.91. The molecule has 2 heterocycles. The van der Waals surface area contributed by atoms with Gasteiger partial charge in [0.1, 0.15) is 11.3 Å². The Bertz CT molecular complexity index is 1130. The molecule has 0 spiro atoms. The fourth-order valence-electron chi connectivity index (χ4n) is 4.16. The first kappa shape index (κ1) is 24.6. The molecular formula is C25H30FN3O6. The second-order valence-electron chi connectivity index (χ2n) is 8.19. The van der Waals surface area contributed by atoms with Gasteiger partial charge in [0.2, 0.25) is 5.82 Å². The highest BCUT2D eigenvalue weighted by atomic mass is 19.1. The zero-order chi connectivity index (χ0) is 24.8. The number of hydrogen-bond acceptors (Lipinski definition) is 8. The number of carbonyl (C=O) groups is 1. The third kappa shape index (κ3) is 5.94. The summed E-state index contributed by atoms with van der Waals surface area (Å²) in [5.74, 6) is -0.871. The van der Waals surface area contributed by atoms with Crippen LogP contribution in [0.5, 0.6) is 17.2 Å². The number of piperidine rings is 1. The zero-order valence-electron chi connectivity index (χ0n) is 19.9. The van der Waals surface area contributed by atoms with Crippen molar-refractivity contribution in [1.82, 2.24) is 10.3 Å². The highest BCUT2D eigenvalue weighted by molar-refractivity contribution is 5.76. The predicted molar refractivity (Wildman–Crippen MR) is 128 cm³/mol. The summed E-state index contributed by atoms with van der Waals surface area (Å²) in [4.78, 5) is 17.6. The second-order valence-corrected chi connectivity index (χ2v) is 8.19. The number of anilines is 1. The second kappa shape index (κ2) is 11.3. The number of carboxylic acid groups (broad SMARTS) is 1. The number of fused-ring (bicyclic) bond motifs is 1. The Morgan fingerprint density at radius 2 is 1.83 bits per heavy atom. The molecule has 2 N–H and O–H groups in total. The maximum Gasteiger partial charge on any atom is 0.341 e. The van der Waals surface area contributed by atoms with Gasteiger partial charge in [-0.2, -0.15) is 9.37 Å². The number of rotatable bonds is 11. The topological polar surface area (TPSA) is 106 Å². The quantitative estimate of drug-likeness (QED) is 0.415. The molecule has 1 fully saturated rings. The maximum absolute atomic E-state index is 14.8. The zero-order valence-corrected chi connectivity index (χ0v) is 19.9. The van der Waals surface area contributed by atoms with E-state index in [1.54, 1.807) is 44.2 Å². The molecule has 9 nitrogen and oxygen atoms in total. The van der Waals surface area contributed by atoms with E-state index in [9.17, 15) is 9.18 Å². The van der Waals surface area contributed by atoms with Crippen molar-refractivity contribution >= 4 is 23.1 Å². The van der Waals surface area contributed by atoms with Crippen LogP contribution < -0.4 is 24.4 Å². The van der Waals surface area contributed by atoms with Crippen molar-refractivity contribution in [2.75, 3.05) is 37.8 Å². The minimum absolute atomic E-state index is 0.150. The van der Waals surface area contributed by atoms with Crippen LogP contribution >= 0.6 is 0 Å². The molecule has 0 radical (unpaired) electrons. The molecule has 0 bridgehead atoms. The number of aromatic nitrogens is 1. The van der Waals surface area contributed by atoms with Crippen LogP contribution in [-0.4, -0.2) is 55.0 Å². The van der Waals surface area contributed by atoms with E-state index in [1.807, 2.05) is 0 Å². The number of ether oxygens (including phenoxy) is 3. The molecule has 2 aromatic carbocycles. The number of carboxylic acids is 1. The fourth-order valence-corrected chi connectivity index (χ4v) is 4.16. The molecule has 1 saturated heterocycles. The van der Waals surface area contributed by atoms with Crippen LogP contribution in [0.25, 0.3) is 11.1 Å². The van der Waals surface area contributed by atoms with Crippen LogP contribution in [0.15, 0.2) is 34.7 Å². The minimum Gasteiger partial charge on any atom is -0.491 e. The summed E-state index contributed by atoms with van der Waals surface area (Å²) in [6.45, 7) is 6.00. The molecule has 1 aliphatic heterocycles.